The lowest BCUT2D eigenvalue weighted by Crippen LogP contribution is -2.24. The molecule has 0 atom stereocenters. The molecule has 112 valence electrons. The number of methoxy groups -OCH3 is 1. The lowest BCUT2D eigenvalue weighted by atomic mass is 9.96. The maximum Gasteiger partial charge on any atom is 0.240 e. The molecule has 1 aliphatic carbocycles. The van der Waals surface area contributed by atoms with E-state index in [4.69, 9.17) is 19.7 Å². The first kappa shape index (κ1) is 14.3. The minimum atomic E-state index is 0.214. The molecule has 0 radical (unpaired) electrons. The van der Waals surface area contributed by atoms with E-state index >= 15 is 0 Å². The molecule has 0 amide bonds. The van der Waals surface area contributed by atoms with E-state index in [1.54, 1.807) is 7.11 Å². The summed E-state index contributed by atoms with van der Waals surface area (Å²) >= 11 is 3.50. The van der Waals surface area contributed by atoms with E-state index in [9.17, 15) is 0 Å². The zero-order chi connectivity index (χ0) is 14.8. The van der Waals surface area contributed by atoms with Crippen LogP contribution in [0.4, 0.5) is 0 Å². The summed E-state index contributed by atoms with van der Waals surface area (Å²) < 4.78 is 17.2. The Hall–Kier alpha value is -1.60. The van der Waals surface area contributed by atoms with Crippen molar-refractivity contribution in [2.45, 2.75) is 31.9 Å². The molecule has 0 aliphatic heterocycles. The van der Waals surface area contributed by atoms with Gasteiger partial charge in [-0.15, -0.1) is 0 Å². The van der Waals surface area contributed by atoms with Crippen molar-refractivity contribution in [1.29, 1.82) is 0 Å². The molecule has 2 aromatic rings. The highest BCUT2D eigenvalue weighted by Gasteiger charge is 2.22. The van der Waals surface area contributed by atoms with Crippen LogP contribution in [-0.4, -0.2) is 23.4 Å². The fourth-order valence-electron chi connectivity index (χ4n) is 2.07. The van der Waals surface area contributed by atoms with Crippen LogP contribution in [0.15, 0.2) is 21.1 Å². The maximum atomic E-state index is 5.97. The average molecular weight is 354 g/mol. The number of benzene rings is 1. The third kappa shape index (κ3) is 2.89. The largest absolute Gasteiger partial charge is 0.493 e. The molecule has 1 fully saturated rings. The van der Waals surface area contributed by atoms with Gasteiger partial charge in [0.05, 0.1) is 19.8 Å². The first-order chi connectivity index (χ1) is 10.2. The van der Waals surface area contributed by atoms with Gasteiger partial charge in [0.1, 0.15) is 0 Å². The molecule has 1 aromatic carbocycles. The van der Waals surface area contributed by atoms with Gasteiger partial charge in [-0.05, 0) is 47.3 Å². The summed E-state index contributed by atoms with van der Waals surface area (Å²) in [6.45, 7) is 0.214. The van der Waals surface area contributed by atoms with Crippen LogP contribution in [0.5, 0.6) is 11.5 Å². The first-order valence-corrected chi connectivity index (χ1v) is 7.57. The molecule has 1 heterocycles. The second kappa shape index (κ2) is 6.03. The van der Waals surface area contributed by atoms with Crippen molar-refractivity contribution in [2.24, 2.45) is 5.73 Å². The third-order valence-electron chi connectivity index (χ3n) is 3.48. The number of hydrogen-bond donors (Lipinski definition) is 1. The topological polar surface area (TPSA) is 83.4 Å². The number of aromatic nitrogens is 2. The van der Waals surface area contributed by atoms with Crippen LogP contribution in [0.2, 0.25) is 0 Å². The number of nitrogens with two attached hydrogens (primary N) is 1. The zero-order valence-electron chi connectivity index (χ0n) is 11.6. The summed E-state index contributed by atoms with van der Waals surface area (Å²) in [6.07, 6.45) is 3.63. The molecule has 1 aliphatic rings. The Morgan fingerprint density at radius 2 is 2.19 bits per heavy atom. The van der Waals surface area contributed by atoms with E-state index in [1.165, 1.54) is 6.42 Å². The van der Waals surface area contributed by atoms with Crippen LogP contribution >= 0.6 is 15.9 Å². The van der Waals surface area contributed by atoms with E-state index in [0.29, 0.717) is 23.2 Å². The Morgan fingerprint density at radius 3 is 2.76 bits per heavy atom. The minimum Gasteiger partial charge on any atom is -0.493 e. The summed E-state index contributed by atoms with van der Waals surface area (Å²) in [6, 6.07) is 3.72. The molecule has 0 bridgehead atoms. The van der Waals surface area contributed by atoms with Crippen molar-refractivity contribution < 1.29 is 14.0 Å². The highest BCUT2D eigenvalue weighted by molar-refractivity contribution is 9.10. The second-order valence-electron chi connectivity index (χ2n) is 4.87. The minimum absolute atomic E-state index is 0.214. The zero-order valence-corrected chi connectivity index (χ0v) is 13.2. The molecule has 1 saturated carbocycles. The van der Waals surface area contributed by atoms with Gasteiger partial charge in [-0.3, -0.25) is 0 Å². The van der Waals surface area contributed by atoms with E-state index in [1.807, 2.05) is 12.1 Å². The quantitative estimate of drug-likeness (QED) is 0.889. The molecular formula is C14H16BrN3O3. The summed E-state index contributed by atoms with van der Waals surface area (Å²) in [5.74, 6) is 2.25. The van der Waals surface area contributed by atoms with Crippen LogP contribution < -0.4 is 15.2 Å². The number of nitrogens with zero attached hydrogens (tertiary/aromatic N) is 2. The van der Waals surface area contributed by atoms with E-state index in [0.717, 1.165) is 22.9 Å². The van der Waals surface area contributed by atoms with E-state index < -0.39 is 0 Å². The SMILES string of the molecule is COc1cc(Br)c(-c2noc(CN)n2)cc1OC1CCC1. The van der Waals surface area contributed by atoms with Crippen LogP contribution in [-0.2, 0) is 6.54 Å². The molecule has 7 heteroatoms. The Labute approximate surface area is 130 Å². The molecule has 0 saturated heterocycles. The fourth-order valence-corrected chi connectivity index (χ4v) is 2.57. The van der Waals surface area contributed by atoms with Crippen LogP contribution in [0.3, 0.4) is 0 Å². The van der Waals surface area contributed by atoms with Crippen LogP contribution in [0, 0.1) is 0 Å². The van der Waals surface area contributed by atoms with Gasteiger partial charge in [-0.2, -0.15) is 4.98 Å². The number of ether oxygens (including phenoxy) is 2. The Morgan fingerprint density at radius 1 is 1.38 bits per heavy atom. The third-order valence-corrected chi connectivity index (χ3v) is 4.14. The molecule has 2 N–H and O–H groups in total. The van der Waals surface area contributed by atoms with Gasteiger partial charge >= 0.3 is 0 Å². The first-order valence-electron chi connectivity index (χ1n) is 6.78. The van der Waals surface area contributed by atoms with Crippen molar-refractivity contribution in [2.75, 3.05) is 7.11 Å². The molecule has 1 aromatic heterocycles. The predicted molar refractivity (Wildman–Crippen MR) is 80.1 cm³/mol. The molecular weight excluding hydrogens is 338 g/mol. The van der Waals surface area contributed by atoms with Gasteiger partial charge in [0.15, 0.2) is 11.5 Å². The van der Waals surface area contributed by atoms with Crippen molar-refractivity contribution in [1.82, 2.24) is 10.1 Å². The van der Waals surface area contributed by atoms with Gasteiger partial charge in [0.25, 0.3) is 0 Å². The standard InChI is InChI=1S/C14H16BrN3O3/c1-19-11-6-10(15)9(14-17-13(7-16)21-18-14)5-12(11)20-8-3-2-4-8/h5-6,8H,2-4,7,16H2,1H3. The fraction of sp³-hybridized carbons (Fsp3) is 0.429. The molecule has 3 rings (SSSR count). The van der Waals surface area contributed by atoms with Crippen LogP contribution in [0.25, 0.3) is 11.4 Å². The Kier molecular flexibility index (Phi) is 4.12. The van der Waals surface area contributed by atoms with Crippen molar-refractivity contribution in [3.05, 3.63) is 22.5 Å². The van der Waals surface area contributed by atoms with Gasteiger partial charge in [-0.25, -0.2) is 0 Å². The van der Waals surface area contributed by atoms with Crippen LogP contribution in [0.1, 0.15) is 25.2 Å². The maximum absolute atomic E-state index is 5.97. The van der Waals surface area contributed by atoms with E-state index in [2.05, 4.69) is 26.1 Å². The molecule has 0 unspecified atom stereocenters. The summed E-state index contributed by atoms with van der Waals surface area (Å²) in [4.78, 5) is 4.24. The number of halogens is 1. The number of rotatable bonds is 5. The normalized spacial score (nSPS) is 14.8. The second-order valence-corrected chi connectivity index (χ2v) is 5.72. The summed E-state index contributed by atoms with van der Waals surface area (Å²) in [5, 5.41) is 3.94. The summed E-state index contributed by atoms with van der Waals surface area (Å²) in [7, 11) is 1.62. The Bertz CT molecular complexity index is 640. The van der Waals surface area contributed by atoms with Crippen molar-refractivity contribution >= 4 is 15.9 Å². The smallest absolute Gasteiger partial charge is 0.240 e. The highest BCUT2D eigenvalue weighted by atomic mass is 79.9. The van der Waals surface area contributed by atoms with Gasteiger partial charge in [-0.1, -0.05) is 5.16 Å². The lowest BCUT2D eigenvalue weighted by molar-refractivity contribution is 0.116. The van der Waals surface area contributed by atoms with Gasteiger partial charge in [0, 0.05) is 10.0 Å². The predicted octanol–water partition coefficient (Wildman–Crippen LogP) is 2.90. The van der Waals surface area contributed by atoms with E-state index in [-0.39, 0.29) is 12.6 Å². The average Bonchev–Trinajstić information content (AvgIpc) is 2.92. The van der Waals surface area contributed by atoms with Crippen molar-refractivity contribution in [3.8, 4) is 22.9 Å². The monoisotopic (exact) mass is 353 g/mol. The van der Waals surface area contributed by atoms with Crippen molar-refractivity contribution in [3.63, 3.8) is 0 Å². The summed E-state index contributed by atoms with van der Waals surface area (Å²) in [5.41, 5.74) is 6.28. The molecule has 6 nitrogen and oxygen atoms in total. The Balaban J connectivity index is 1.97. The lowest BCUT2D eigenvalue weighted by Gasteiger charge is -2.27. The van der Waals surface area contributed by atoms with Gasteiger partial charge in [0.2, 0.25) is 11.7 Å². The molecule has 0 spiro atoms. The highest BCUT2D eigenvalue weighted by Crippen LogP contribution is 2.39. The number of hydrogen-bond acceptors (Lipinski definition) is 6. The molecule has 21 heavy (non-hydrogen) atoms. The van der Waals surface area contributed by atoms with Gasteiger partial charge < -0.3 is 19.7 Å².